The summed E-state index contributed by atoms with van der Waals surface area (Å²) in [6.07, 6.45) is -4.59. The Morgan fingerprint density at radius 1 is 0.947 bits per heavy atom. The molecule has 0 aliphatic carbocycles. The van der Waals surface area contributed by atoms with E-state index in [0.717, 1.165) is 17.2 Å². The monoisotopic (exact) mass is 584 g/mol. The van der Waals surface area contributed by atoms with Gasteiger partial charge in [-0.2, -0.15) is 13.2 Å². The Labute approximate surface area is 233 Å². The fraction of sp³-hybridized carbons (Fsp3) is 0.296. The second-order valence-corrected chi connectivity index (χ2v) is 10.9. The number of hydrogen-bond acceptors (Lipinski definition) is 5. The number of piperazine rings is 1. The minimum absolute atomic E-state index is 0.0874. The largest absolute Gasteiger partial charge is 0.489 e. The van der Waals surface area contributed by atoms with E-state index in [0.29, 0.717) is 60.6 Å². The first-order chi connectivity index (χ1) is 18.1. The van der Waals surface area contributed by atoms with Crippen LogP contribution in [0.3, 0.4) is 0 Å². The zero-order valence-corrected chi connectivity index (χ0v) is 22.5. The molecule has 4 rings (SSSR count). The van der Waals surface area contributed by atoms with Gasteiger partial charge in [-0.3, -0.25) is 9.69 Å². The van der Waals surface area contributed by atoms with Crippen LogP contribution in [0, 0.1) is 0 Å². The van der Waals surface area contributed by atoms with Crippen LogP contribution in [-0.2, 0) is 30.5 Å². The molecule has 1 saturated heterocycles. The lowest BCUT2D eigenvalue weighted by Crippen LogP contribution is -2.42. The smallest absolute Gasteiger partial charge is 0.417 e. The number of carboxylic acids is 1. The van der Waals surface area contributed by atoms with Gasteiger partial charge in [0.05, 0.1) is 17.0 Å². The average molecular weight is 585 g/mol. The number of benzene rings is 3. The number of carboxylic acid groups (broad SMARTS) is 1. The molecule has 5 nitrogen and oxygen atoms in total. The van der Waals surface area contributed by atoms with Gasteiger partial charge in [0.2, 0.25) is 0 Å². The van der Waals surface area contributed by atoms with E-state index in [1.807, 2.05) is 22.5 Å². The number of nitrogens with zero attached hydrogens (tertiary/aromatic N) is 2. The standard InChI is InChI=1S/C27H25Cl2F3N2O3S/c28-21-4-1-18(2-5-21)17-37-25-8-3-19(14-26(35)36)13-20(25)16-33-9-11-34(12-10-33)38-22-6-7-24(29)23(15-22)27(30,31)32/h1-8,13,15H,9-12,14,16-17H2,(H,35,36). The lowest BCUT2D eigenvalue weighted by molar-refractivity contribution is -0.138. The number of halogens is 5. The highest BCUT2D eigenvalue weighted by Crippen LogP contribution is 2.38. The second kappa shape index (κ2) is 12.6. The van der Waals surface area contributed by atoms with Gasteiger partial charge in [-0.15, -0.1) is 0 Å². The third-order valence-corrected chi connectivity index (χ3v) is 7.66. The molecule has 38 heavy (non-hydrogen) atoms. The Morgan fingerprint density at radius 2 is 1.63 bits per heavy atom. The van der Waals surface area contributed by atoms with Crippen LogP contribution in [-0.4, -0.2) is 46.5 Å². The Hall–Kier alpha value is -2.43. The lowest BCUT2D eigenvalue weighted by atomic mass is 10.1. The molecule has 1 aliphatic rings. The van der Waals surface area contributed by atoms with Gasteiger partial charge in [0.15, 0.2) is 0 Å². The average Bonchev–Trinajstić information content (AvgIpc) is 2.86. The molecule has 3 aromatic rings. The zero-order chi connectivity index (χ0) is 27.3. The van der Waals surface area contributed by atoms with Crippen molar-refractivity contribution in [2.75, 3.05) is 26.2 Å². The summed E-state index contributed by atoms with van der Waals surface area (Å²) >= 11 is 13.0. The van der Waals surface area contributed by atoms with Crippen LogP contribution in [0.4, 0.5) is 13.2 Å². The molecule has 202 valence electrons. The topological polar surface area (TPSA) is 53.0 Å². The molecule has 11 heteroatoms. The normalized spacial score (nSPS) is 15.0. The summed E-state index contributed by atoms with van der Waals surface area (Å²) in [5, 5.41) is 9.55. The van der Waals surface area contributed by atoms with Crippen molar-refractivity contribution in [1.29, 1.82) is 0 Å². The third-order valence-electron chi connectivity index (χ3n) is 5.99. The molecule has 1 heterocycles. The number of alkyl halides is 3. The van der Waals surface area contributed by atoms with Crippen molar-refractivity contribution in [3.05, 3.63) is 93.0 Å². The Kier molecular flexibility index (Phi) is 9.49. The van der Waals surface area contributed by atoms with Crippen LogP contribution in [0.5, 0.6) is 5.75 Å². The molecule has 0 aromatic heterocycles. The number of carbonyl (C=O) groups is 1. The van der Waals surface area contributed by atoms with E-state index in [2.05, 4.69) is 4.90 Å². The SMILES string of the molecule is O=C(O)Cc1ccc(OCc2ccc(Cl)cc2)c(CN2CCN(Sc3ccc(Cl)c(C(F)(F)F)c3)CC2)c1. The van der Waals surface area contributed by atoms with Crippen LogP contribution >= 0.6 is 35.1 Å². The number of hydrogen-bond donors (Lipinski definition) is 1. The van der Waals surface area contributed by atoms with E-state index in [4.69, 9.17) is 27.9 Å². The Balaban J connectivity index is 1.39. The van der Waals surface area contributed by atoms with Gasteiger partial charge in [-0.05, 0) is 59.5 Å². The van der Waals surface area contributed by atoms with Crippen molar-refractivity contribution in [1.82, 2.24) is 9.21 Å². The minimum atomic E-state index is -4.51. The summed E-state index contributed by atoms with van der Waals surface area (Å²) in [4.78, 5) is 13.9. The molecule has 0 amide bonds. The fourth-order valence-electron chi connectivity index (χ4n) is 4.07. The van der Waals surface area contributed by atoms with Gasteiger partial charge >= 0.3 is 12.1 Å². The Morgan fingerprint density at radius 3 is 2.29 bits per heavy atom. The van der Waals surface area contributed by atoms with Crippen molar-refractivity contribution >= 4 is 41.1 Å². The molecule has 0 bridgehead atoms. The first-order valence-electron chi connectivity index (χ1n) is 11.8. The van der Waals surface area contributed by atoms with E-state index in [-0.39, 0.29) is 11.4 Å². The van der Waals surface area contributed by atoms with Crippen molar-refractivity contribution < 1.29 is 27.8 Å². The maximum absolute atomic E-state index is 13.2. The molecular formula is C27H25Cl2F3N2O3S. The number of rotatable bonds is 9. The predicted octanol–water partition coefficient (Wildman–Crippen LogP) is 7.04. The van der Waals surface area contributed by atoms with Crippen LogP contribution in [0.2, 0.25) is 10.0 Å². The summed E-state index contributed by atoms with van der Waals surface area (Å²) in [5.74, 6) is -0.237. The predicted molar refractivity (Wildman–Crippen MR) is 143 cm³/mol. The molecular weight excluding hydrogens is 560 g/mol. The first-order valence-corrected chi connectivity index (χ1v) is 13.3. The van der Waals surface area contributed by atoms with Crippen molar-refractivity contribution in [2.45, 2.75) is 30.6 Å². The molecule has 0 unspecified atom stereocenters. The molecule has 1 fully saturated rings. The van der Waals surface area contributed by atoms with Crippen LogP contribution in [0.15, 0.2) is 65.6 Å². The molecule has 1 N–H and O–H groups in total. The summed E-state index contributed by atoms with van der Waals surface area (Å²) in [6, 6.07) is 16.7. The van der Waals surface area contributed by atoms with Crippen molar-refractivity contribution in [3.63, 3.8) is 0 Å². The van der Waals surface area contributed by atoms with E-state index >= 15 is 0 Å². The Bertz CT molecular complexity index is 1270. The fourth-order valence-corrected chi connectivity index (χ4v) is 5.36. The second-order valence-electron chi connectivity index (χ2n) is 8.86. The zero-order valence-electron chi connectivity index (χ0n) is 20.2. The molecule has 1 aliphatic heterocycles. The molecule has 0 spiro atoms. The molecule has 3 aromatic carbocycles. The van der Waals surface area contributed by atoms with Crippen LogP contribution in [0.25, 0.3) is 0 Å². The summed E-state index contributed by atoms with van der Waals surface area (Å²) < 4.78 is 47.7. The summed E-state index contributed by atoms with van der Waals surface area (Å²) in [6.45, 7) is 3.56. The van der Waals surface area contributed by atoms with Gasteiger partial charge in [0, 0.05) is 48.2 Å². The third kappa shape index (κ3) is 8.04. The highest BCUT2D eigenvalue weighted by molar-refractivity contribution is 7.97. The number of aliphatic carboxylic acids is 1. The van der Waals surface area contributed by atoms with E-state index in [9.17, 15) is 23.1 Å². The minimum Gasteiger partial charge on any atom is -0.489 e. The van der Waals surface area contributed by atoms with E-state index < -0.39 is 17.7 Å². The first kappa shape index (κ1) is 28.6. The van der Waals surface area contributed by atoms with Gasteiger partial charge in [0.1, 0.15) is 12.4 Å². The van der Waals surface area contributed by atoms with Crippen LogP contribution < -0.4 is 4.74 Å². The molecule has 0 atom stereocenters. The maximum Gasteiger partial charge on any atom is 0.417 e. The quantitative estimate of drug-likeness (QED) is 0.272. The maximum atomic E-state index is 13.2. The van der Waals surface area contributed by atoms with Gasteiger partial charge in [-0.1, -0.05) is 47.5 Å². The van der Waals surface area contributed by atoms with Crippen molar-refractivity contribution in [2.24, 2.45) is 0 Å². The molecule has 0 radical (unpaired) electrons. The molecule has 0 saturated carbocycles. The highest BCUT2D eigenvalue weighted by Gasteiger charge is 2.33. The van der Waals surface area contributed by atoms with Gasteiger partial charge < -0.3 is 9.84 Å². The van der Waals surface area contributed by atoms with E-state index in [1.54, 1.807) is 30.3 Å². The lowest BCUT2D eigenvalue weighted by Gasteiger charge is -2.34. The highest BCUT2D eigenvalue weighted by atomic mass is 35.5. The van der Waals surface area contributed by atoms with Crippen LogP contribution in [0.1, 0.15) is 22.3 Å². The summed E-state index contributed by atoms with van der Waals surface area (Å²) in [5.41, 5.74) is 1.68. The van der Waals surface area contributed by atoms with Gasteiger partial charge in [-0.25, -0.2) is 4.31 Å². The summed E-state index contributed by atoms with van der Waals surface area (Å²) in [7, 11) is 0. The van der Waals surface area contributed by atoms with Gasteiger partial charge in [0.25, 0.3) is 0 Å². The number of ether oxygens (including phenoxy) is 1. The van der Waals surface area contributed by atoms with E-state index in [1.165, 1.54) is 18.0 Å². The van der Waals surface area contributed by atoms with Crippen molar-refractivity contribution in [3.8, 4) is 5.75 Å².